The van der Waals surface area contributed by atoms with Crippen LogP contribution in [0.5, 0.6) is 0 Å². The zero-order chi connectivity index (χ0) is 15.7. The highest BCUT2D eigenvalue weighted by molar-refractivity contribution is 4.67. The highest BCUT2D eigenvalue weighted by atomic mass is 16.5. The molecule has 0 saturated carbocycles. The van der Waals surface area contributed by atoms with E-state index in [2.05, 4.69) is 6.07 Å². The number of hydrogen-bond donors (Lipinski definition) is 0. The number of unbranched alkanes of at least 4 members (excludes halogenated alkanes) is 9. The monoisotopic (exact) mass is 309 g/mol. The maximum Gasteiger partial charge on any atom is 0.0621 e. The van der Waals surface area contributed by atoms with Crippen molar-refractivity contribution in [3.63, 3.8) is 0 Å². The third-order valence-electron chi connectivity index (χ3n) is 4.42. The fraction of sp³-hybridized carbons (Fsp3) is 0.947. The molecule has 1 heterocycles. The first-order valence-electron chi connectivity index (χ1n) is 9.50. The minimum absolute atomic E-state index is 0.556. The standard InChI is InChI=1S/C19H35NO2/c20-15-9-5-3-1-2-4-6-10-16-21-17-11-7-8-13-19-14-12-18-22-19/h19H,1-14,16-18H2. The summed E-state index contributed by atoms with van der Waals surface area (Å²) < 4.78 is 11.3. The zero-order valence-corrected chi connectivity index (χ0v) is 14.4. The van der Waals surface area contributed by atoms with E-state index in [0.29, 0.717) is 6.10 Å². The summed E-state index contributed by atoms with van der Waals surface area (Å²) in [6.45, 7) is 2.84. The van der Waals surface area contributed by atoms with Crippen LogP contribution in [0.3, 0.4) is 0 Å². The molecule has 3 nitrogen and oxygen atoms in total. The molecular weight excluding hydrogens is 274 g/mol. The molecule has 128 valence electrons. The van der Waals surface area contributed by atoms with Gasteiger partial charge in [0.25, 0.3) is 0 Å². The molecule has 0 amide bonds. The summed E-state index contributed by atoms with van der Waals surface area (Å²) in [4.78, 5) is 0. The molecule has 0 radical (unpaired) electrons. The highest BCUT2D eigenvalue weighted by Gasteiger charge is 2.14. The van der Waals surface area contributed by atoms with Gasteiger partial charge >= 0.3 is 0 Å². The van der Waals surface area contributed by atoms with Crippen molar-refractivity contribution in [1.82, 2.24) is 0 Å². The van der Waals surface area contributed by atoms with Crippen LogP contribution in [-0.4, -0.2) is 25.9 Å². The zero-order valence-electron chi connectivity index (χ0n) is 14.4. The van der Waals surface area contributed by atoms with Gasteiger partial charge in [-0.2, -0.15) is 5.26 Å². The van der Waals surface area contributed by atoms with Crippen LogP contribution in [0.4, 0.5) is 0 Å². The van der Waals surface area contributed by atoms with Crippen LogP contribution in [0.25, 0.3) is 0 Å². The maximum absolute atomic E-state index is 8.44. The van der Waals surface area contributed by atoms with Crippen molar-refractivity contribution >= 4 is 0 Å². The van der Waals surface area contributed by atoms with Crippen LogP contribution >= 0.6 is 0 Å². The van der Waals surface area contributed by atoms with Crippen LogP contribution in [0, 0.1) is 11.3 Å². The molecule has 0 bridgehead atoms. The third kappa shape index (κ3) is 12.0. The van der Waals surface area contributed by atoms with Crippen LogP contribution in [0.15, 0.2) is 0 Å². The van der Waals surface area contributed by atoms with E-state index >= 15 is 0 Å². The first-order chi connectivity index (χ1) is 10.9. The Balaban J connectivity index is 1.65. The molecule has 0 aromatic rings. The van der Waals surface area contributed by atoms with Gasteiger partial charge in [0.15, 0.2) is 0 Å². The summed E-state index contributed by atoms with van der Waals surface area (Å²) in [7, 11) is 0. The van der Waals surface area contributed by atoms with E-state index in [4.69, 9.17) is 14.7 Å². The minimum atomic E-state index is 0.556. The van der Waals surface area contributed by atoms with Crippen molar-refractivity contribution in [2.75, 3.05) is 19.8 Å². The molecule has 1 aliphatic rings. The van der Waals surface area contributed by atoms with Gasteiger partial charge in [0.05, 0.1) is 12.2 Å². The van der Waals surface area contributed by atoms with Gasteiger partial charge in [-0.1, -0.05) is 44.9 Å². The largest absolute Gasteiger partial charge is 0.381 e. The van der Waals surface area contributed by atoms with Crippen molar-refractivity contribution in [3.05, 3.63) is 0 Å². The molecule has 1 fully saturated rings. The van der Waals surface area contributed by atoms with Gasteiger partial charge in [0, 0.05) is 26.2 Å². The Bertz CT molecular complexity index is 269. The van der Waals surface area contributed by atoms with Crippen molar-refractivity contribution in [1.29, 1.82) is 5.26 Å². The third-order valence-corrected chi connectivity index (χ3v) is 4.42. The molecule has 1 atom stereocenters. The second-order valence-corrected chi connectivity index (χ2v) is 6.48. The fourth-order valence-corrected chi connectivity index (χ4v) is 3.02. The Hall–Kier alpha value is -0.590. The number of nitrogens with zero attached hydrogens (tertiary/aromatic N) is 1. The van der Waals surface area contributed by atoms with Gasteiger partial charge in [0.1, 0.15) is 0 Å². The minimum Gasteiger partial charge on any atom is -0.381 e. The number of hydrogen-bond acceptors (Lipinski definition) is 3. The average Bonchev–Trinajstić information content (AvgIpc) is 3.04. The quantitative estimate of drug-likeness (QED) is 0.381. The summed E-state index contributed by atoms with van der Waals surface area (Å²) >= 11 is 0. The van der Waals surface area contributed by atoms with E-state index in [-0.39, 0.29) is 0 Å². The Morgan fingerprint density at radius 1 is 0.864 bits per heavy atom. The van der Waals surface area contributed by atoms with Crippen molar-refractivity contribution < 1.29 is 9.47 Å². The van der Waals surface area contributed by atoms with Crippen molar-refractivity contribution in [3.8, 4) is 6.07 Å². The SMILES string of the molecule is N#CCCCCCCCCCOCCCCCC1CCCO1. The van der Waals surface area contributed by atoms with Gasteiger partial charge in [-0.05, 0) is 38.5 Å². The Labute approximate surface area is 137 Å². The first kappa shape index (κ1) is 19.5. The van der Waals surface area contributed by atoms with E-state index in [1.54, 1.807) is 0 Å². The molecule has 0 spiro atoms. The molecule has 1 saturated heterocycles. The predicted molar refractivity (Wildman–Crippen MR) is 90.8 cm³/mol. The average molecular weight is 309 g/mol. The smallest absolute Gasteiger partial charge is 0.0621 e. The Kier molecular flexibility index (Phi) is 13.5. The molecule has 1 aliphatic heterocycles. The number of rotatable bonds is 15. The first-order valence-corrected chi connectivity index (χ1v) is 9.50. The number of ether oxygens (including phenoxy) is 2. The molecule has 0 aromatic heterocycles. The second-order valence-electron chi connectivity index (χ2n) is 6.48. The molecular formula is C19H35NO2. The molecule has 1 rings (SSSR count). The van der Waals surface area contributed by atoms with E-state index in [0.717, 1.165) is 32.7 Å². The molecule has 0 N–H and O–H groups in total. The summed E-state index contributed by atoms with van der Waals surface area (Å²) in [5.74, 6) is 0. The van der Waals surface area contributed by atoms with E-state index < -0.39 is 0 Å². The second kappa shape index (κ2) is 15.3. The van der Waals surface area contributed by atoms with Gasteiger partial charge in [-0.3, -0.25) is 0 Å². The van der Waals surface area contributed by atoms with Gasteiger partial charge in [-0.15, -0.1) is 0 Å². The molecule has 22 heavy (non-hydrogen) atoms. The van der Waals surface area contributed by atoms with Gasteiger partial charge in [-0.25, -0.2) is 0 Å². The Morgan fingerprint density at radius 2 is 1.50 bits per heavy atom. The van der Waals surface area contributed by atoms with Crippen LogP contribution in [-0.2, 0) is 9.47 Å². The summed E-state index contributed by atoms with van der Waals surface area (Å²) in [5, 5.41) is 8.44. The van der Waals surface area contributed by atoms with E-state index in [9.17, 15) is 0 Å². The van der Waals surface area contributed by atoms with Gasteiger partial charge < -0.3 is 9.47 Å². The lowest BCUT2D eigenvalue weighted by atomic mass is 10.1. The van der Waals surface area contributed by atoms with E-state index in [1.165, 1.54) is 77.0 Å². The number of nitriles is 1. The topological polar surface area (TPSA) is 42.2 Å². The summed E-state index contributed by atoms with van der Waals surface area (Å²) in [6, 6.07) is 2.20. The normalized spacial score (nSPS) is 17.7. The van der Waals surface area contributed by atoms with Gasteiger partial charge in [0.2, 0.25) is 0 Å². The van der Waals surface area contributed by atoms with Crippen LogP contribution in [0.2, 0.25) is 0 Å². The predicted octanol–water partition coefficient (Wildman–Crippen LogP) is 5.39. The summed E-state index contributed by atoms with van der Waals surface area (Å²) in [6.07, 6.45) is 17.5. The van der Waals surface area contributed by atoms with Crippen molar-refractivity contribution in [2.45, 2.75) is 96.0 Å². The van der Waals surface area contributed by atoms with Crippen molar-refractivity contribution in [2.24, 2.45) is 0 Å². The van der Waals surface area contributed by atoms with E-state index in [1.807, 2.05) is 0 Å². The molecule has 1 unspecified atom stereocenters. The highest BCUT2D eigenvalue weighted by Crippen LogP contribution is 2.18. The maximum atomic E-state index is 8.44. The molecule has 3 heteroatoms. The lowest BCUT2D eigenvalue weighted by Gasteiger charge is -2.08. The molecule has 0 aliphatic carbocycles. The fourth-order valence-electron chi connectivity index (χ4n) is 3.02. The Morgan fingerprint density at radius 3 is 2.14 bits per heavy atom. The van der Waals surface area contributed by atoms with Crippen LogP contribution in [0.1, 0.15) is 89.9 Å². The summed E-state index contributed by atoms with van der Waals surface area (Å²) in [5.41, 5.74) is 0. The lowest BCUT2D eigenvalue weighted by Crippen LogP contribution is -2.04. The lowest BCUT2D eigenvalue weighted by molar-refractivity contribution is 0.0985. The molecule has 0 aromatic carbocycles. The van der Waals surface area contributed by atoms with Crippen LogP contribution < -0.4 is 0 Å².